The highest BCUT2D eigenvalue weighted by molar-refractivity contribution is 8.00. The summed E-state index contributed by atoms with van der Waals surface area (Å²) in [5, 5.41) is 4.11. The minimum Gasteiger partial charge on any atom is -0.325 e. The van der Waals surface area contributed by atoms with Gasteiger partial charge in [-0.2, -0.15) is 4.98 Å². The number of benzene rings is 1. The van der Waals surface area contributed by atoms with Gasteiger partial charge in [-0.1, -0.05) is 29.4 Å². The summed E-state index contributed by atoms with van der Waals surface area (Å²) >= 11 is 7.37. The largest absolute Gasteiger partial charge is 0.346 e. The fraction of sp³-hybridized carbons (Fsp3) is 0.353. The van der Waals surface area contributed by atoms with E-state index in [0.29, 0.717) is 15.7 Å². The zero-order chi connectivity index (χ0) is 17.1. The predicted octanol–water partition coefficient (Wildman–Crippen LogP) is 3.34. The molecule has 2 aromatic rings. The summed E-state index contributed by atoms with van der Waals surface area (Å²) in [5.74, 6) is 0.0561. The lowest BCUT2D eigenvalue weighted by molar-refractivity contribution is -0.113. The van der Waals surface area contributed by atoms with Crippen LogP contribution in [0.3, 0.4) is 0 Å². The first-order valence-electron chi connectivity index (χ1n) is 7.84. The summed E-state index contributed by atoms with van der Waals surface area (Å²) in [4.78, 5) is 30.7. The first-order valence-corrected chi connectivity index (χ1v) is 9.20. The van der Waals surface area contributed by atoms with E-state index in [1.807, 2.05) is 19.1 Å². The van der Waals surface area contributed by atoms with E-state index in [0.717, 1.165) is 42.5 Å². The molecule has 1 aliphatic carbocycles. The Hall–Kier alpha value is -1.79. The lowest BCUT2D eigenvalue weighted by atomic mass is 9.98. The van der Waals surface area contributed by atoms with Crippen LogP contribution in [0.2, 0.25) is 5.02 Å². The molecule has 7 heteroatoms. The normalized spacial score (nSPS) is 13.4. The summed E-state index contributed by atoms with van der Waals surface area (Å²) in [6.07, 6.45) is 3.93. The van der Waals surface area contributed by atoms with Gasteiger partial charge in [0.25, 0.3) is 0 Å². The second-order valence-corrected chi connectivity index (χ2v) is 7.18. The Morgan fingerprint density at radius 3 is 2.96 bits per heavy atom. The third-order valence-corrected chi connectivity index (χ3v) is 5.41. The van der Waals surface area contributed by atoms with Gasteiger partial charge in [0.1, 0.15) is 5.03 Å². The van der Waals surface area contributed by atoms with Crippen molar-refractivity contribution in [2.24, 2.45) is 0 Å². The Bertz CT molecular complexity index is 835. The third-order valence-electron chi connectivity index (χ3n) is 3.98. The van der Waals surface area contributed by atoms with Gasteiger partial charge in [-0.3, -0.25) is 4.79 Å². The number of hydrogen-bond donors (Lipinski definition) is 2. The van der Waals surface area contributed by atoms with Crippen LogP contribution in [0.4, 0.5) is 5.69 Å². The average Bonchev–Trinajstić information content (AvgIpc) is 2.56. The Morgan fingerprint density at radius 2 is 2.17 bits per heavy atom. The highest BCUT2D eigenvalue weighted by Gasteiger charge is 2.17. The molecule has 0 unspecified atom stereocenters. The zero-order valence-corrected chi connectivity index (χ0v) is 14.9. The van der Waals surface area contributed by atoms with E-state index in [9.17, 15) is 9.59 Å². The van der Waals surface area contributed by atoms with Crippen LogP contribution in [-0.4, -0.2) is 21.6 Å². The number of rotatable bonds is 4. The third kappa shape index (κ3) is 3.99. The van der Waals surface area contributed by atoms with Crippen molar-refractivity contribution in [3.05, 3.63) is 50.5 Å². The molecule has 1 heterocycles. The van der Waals surface area contributed by atoms with Gasteiger partial charge in [-0.05, 0) is 50.3 Å². The SMILES string of the molecule is Cc1ccc(NC(=O)CSc2nc(=O)[nH]c3c2CCCC3)cc1Cl. The van der Waals surface area contributed by atoms with Crippen LogP contribution < -0.4 is 11.0 Å². The van der Waals surface area contributed by atoms with Crippen molar-refractivity contribution < 1.29 is 4.79 Å². The molecule has 0 fully saturated rings. The van der Waals surface area contributed by atoms with Crippen LogP contribution >= 0.6 is 23.4 Å². The van der Waals surface area contributed by atoms with Crippen LogP contribution in [0.15, 0.2) is 28.0 Å². The molecule has 3 rings (SSSR count). The molecule has 1 amide bonds. The Morgan fingerprint density at radius 1 is 1.38 bits per heavy atom. The number of thioether (sulfide) groups is 1. The molecule has 0 saturated carbocycles. The minimum absolute atomic E-state index is 0.147. The fourth-order valence-corrected chi connectivity index (χ4v) is 3.78. The summed E-state index contributed by atoms with van der Waals surface area (Å²) in [6.45, 7) is 1.91. The van der Waals surface area contributed by atoms with Crippen LogP contribution in [0.1, 0.15) is 29.7 Å². The maximum Gasteiger partial charge on any atom is 0.346 e. The van der Waals surface area contributed by atoms with Gasteiger partial charge in [-0.15, -0.1) is 0 Å². The average molecular weight is 364 g/mol. The number of amides is 1. The molecular weight excluding hydrogens is 346 g/mol. The van der Waals surface area contributed by atoms with Crippen molar-refractivity contribution in [3.8, 4) is 0 Å². The number of H-pyrrole nitrogens is 1. The summed E-state index contributed by atoms with van der Waals surface area (Å²) in [6, 6.07) is 5.41. The minimum atomic E-state index is -0.344. The monoisotopic (exact) mass is 363 g/mol. The van der Waals surface area contributed by atoms with Gasteiger partial charge in [-0.25, -0.2) is 4.79 Å². The second-order valence-electron chi connectivity index (χ2n) is 5.81. The van der Waals surface area contributed by atoms with Gasteiger partial charge in [0.2, 0.25) is 5.91 Å². The van der Waals surface area contributed by atoms with Crippen molar-refractivity contribution >= 4 is 35.0 Å². The first-order chi connectivity index (χ1) is 11.5. The number of aromatic nitrogens is 2. The first kappa shape index (κ1) is 17.0. The molecule has 0 aliphatic heterocycles. The van der Waals surface area contributed by atoms with Crippen molar-refractivity contribution in [1.82, 2.24) is 9.97 Å². The summed E-state index contributed by atoms with van der Waals surface area (Å²) < 4.78 is 0. The molecule has 126 valence electrons. The number of fused-ring (bicyclic) bond motifs is 1. The zero-order valence-electron chi connectivity index (χ0n) is 13.3. The maximum absolute atomic E-state index is 12.1. The van der Waals surface area contributed by atoms with Gasteiger partial charge in [0.05, 0.1) is 5.75 Å². The van der Waals surface area contributed by atoms with Crippen molar-refractivity contribution in [2.75, 3.05) is 11.1 Å². The smallest absolute Gasteiger partial charge is 0.325 e. The van der Waals surface area contributed by atoms with Crippen LogP contribution in [-0.2, 0) is 17.6 Å². The quantitative estimate of drug-likeness (QED) is 0.645. The standard InChI is InChI=1S/C17H18ClN3O2S/c1-10-6-7-11(8-13(10)18)19-15(22)9-24-16-12-4-2-3-5-14(12)20-17(23)21-16/h6-8H,2-5,9H2,1H3,(H,19,22)(H,20,21,23). The molecule has 0 spiro atoms. The van der Waals surface area contributed by atoms with Crippen molar-refractivity contribution in [1.29, 1.82) is 0 Å². The lowest BCUT2D eigenvalue weighted by Crippen LogP contribution is -2.21. The highest BCUT2D eigenvalue weighted by Crippen LogP contribution is 2.27. The number of aryl methyl sites for hydroxylation is 2. The number of nitrogens with one attached hydrogen (secondary N) is 2. The van der Waals surface area contributed by atoms with E-state index in [-0.39, 0.29) is 17.3 Å². The molecule has 24 heavy (non-hydrogen) atoms. The molecular formula is C17H18ClN3O2S. The number of hydrogen-bond acceptors (Lipinski definition) is 4. The van der Waals surface area contributed by atoms with Crippen molar-refractivity contribution in [2.45, 2.75) is 37.6 Å². The Balaban J connectivity index is 1.67. The summed E-state index contributed by atoms with van der Waals surface area (Å²) in [7, 11) is 0. The number of aromatic amines is 1. The molecule has 2 N–H and O–H groups in total. The molecule has 0 atom stereocenters. The van der Waals surface area contributed by atoms with E-state index < -0.39 is 0 Å². The molecule has 1 aromatic heterocycles. The molecule has 1 aliphatic rings. The number of carbonyl (C=O) groups is 1. The number of anilines is 1. The molecule has 1 aromatic carbocycles. The van der Waals surface area contributed by atoms with E-state index in [1.165, 1.54) is 11.8 Å². The van der Waals surface area contributed by atoms with Crippen LogP contribution in [0.5, 0.6) is 0 Å². The lowest BCUT2D eigenvalue weighted by Gasteiger charge is -2.17. The van der Waals surface area contributed by atoms with Gasteiger partial charge in [0, 0.05) is 22.0 Å². The number of carbonyl (C=O) groups excluding carboxylic acids is 1. The molecule has 5 nitrogen and oxygen atoms in total. The topological polar surface area (TPSA) is 74.8 Å². The molecule has 0 radical (unpaired) electrons. The van der Waals surface area contributed by atoms with Gasteiger partial charge < -0.3 is 10.3 Å². The van der Waals surface area contributed by atoms with Gasteiger partial charge in [0.15, 0.2) is 0 Å². The maximum atomic E-state index is 12.1. The Kier molecular flexibility index (Phi) is 5.26. The second kappa shape index (κ2) is 7.40. The van der Waals surface area contributed by atoms with E-state index in [2.05, 4.69) is 15.3 Å². The fourth-order valence-electron chi connectivity index (χ4n) is 2.72. The predicted molar refractivity (Wildman–Crippen MR) is 97.0 cm³/mol. The number of halogens is 1. The highest BCUT2D eigenvalue weighted by atomic mass is 35.5. The molecule has 0 saturated heterocycles. The number of nitrogens with zero attached hydrogens (tertiary/aromatic N) is 1. The van der Waals surface area contributed by atoms with Crippen LogP contribution in [0.25, 0.3) is 0 Å². The Labute approximate surface area is 149 Å². The van der Waals surface area contributed by atoms with E-state index in [4.69, 9.17) is 11.6 Å². The summed E-state index contributed by atoms with van der Waals surface area (Å²) in [5.41, 5.74) is 3.33. The van der Waals surface area contributed by atoms with Gasteiger partial charge >= 0.3 is 5.69 Å². The van der Waals surface area contributed by atoms with E-state index in [1.54, 1.807) is 6.07 Å². The van der Waals surface area contributed by atoms with Crippen molar-refractivity contribution in [3.63, 3.8) is 0 Å². The van der Waals surface area contributed by atoms with E-state index >= 15 is 0 Å². The molecule has 0 bridgehead atoms. The van der Waals surface area contributed by atoms with Crippen LogP contribution in [0, 0.1) is 6.92 Å².